The maximum absolute atomic E-state index is 5.60. The minimum absolute atomic E-state index is 0.755. The van der Waals surface area contributed by atoms with Crippen LogP contribution in [0.5, 0.6) is 0 Å². The van der Waals surface area contributed by atoms with E-state index in [2.05, 4.69) is 13.8 Å². The van der Waals surface area contributed by atoms with E-state index in [9.17, 15) is 0 Å². The number of rotatable bonds is 2. The van der Waals surface area contributed by atoms with E-state index in [0.717, 1.165) is 24.3 Å². The van der Waals surface area contributed by atoms with Crippen LogP contribution in [0.4, 0.5) is 0 Å². The van der Waals surface area contributed by atoms with Gasteiger partial charge in [0.2, 0.25) is 0 Å². The fraction of sp³-hybridized carbons (Fsp3) is 1.00. The lowest BCUT2D eigenvalue weighted by Gasteiger charge is -2.16. The van der Waals surface area contributed by atoms with Crippen molar-refractivity contribution in [1.29, 1.82) is 0 Å². The maximum Gasteiger partial charge on any atom is -0.00489 e. The van der Waals surface area contributed by atoms with Gasteiger partial charge in [0, 0.05) is 0 Å². The summed E-state index contributed by atoms with van der Waals surface area (Å²) >= 11 is 0. The van der Waals surface area contributed by atoms with E-state index in [1.165, 1.54) is 19.3 Å². The molecule has 1 aliphatic rings. The van der Waals surface area contributed by atoms with E-state index in [1.807, 2.05) is 0 Å². The largest absolute Gasteiger partial charge is 0.330 e. The summed E-state index contributed by atoms with van der Waals surface area (Å²) in [6.45, 7) is 5.50. The van der Waals surface area contributed by atoms with Crippen molar-refractivity contribution in [3.05, 3.63) is 0 Å². The van der Waals surface area contributed by atoms with Gasteiger partial charge in [-0.15, -0.1) is 0 Å². The lowest BCUT2D eigenvalue weighted by molar-refractivity contribution is 0.364. The van der Waals surface area contributed by atoms with Crippen LogP contribution in [0.1, 0.15) is 33.1 Å². The quantitative estimate of drug-likeness (QED) is 0.625. The monoisotopic (exact) mass is 141 g/mol. The van der Waals surface area contributed by atoms with Crippen molar-refractivity contribution < 1.29 is 0 Å². The van der Waals surface area contributed by atoms with E-state index in [4.69, 9.17) is 5.73 Å². The molecule has 0 aromatic rings. The van der Waals surface area contributed by atoms with Crippen LogP contribution in [0.25, 0.3) is 0 Å². The van der Waals surface area contributed by atoms with Crippen LogP contribution >= 0.6 is 0 Å². The molecule has 2 unspecified atom stereocenters. The Morgan fingerprint density at radius 2 is 2.20 bits per heavy atom. The van der Waals surface area contributed by atoms with E-state index in [0.29, 0.717) is 0 Å². The zero-order valence-electron chi connectivity index (χ0n) is 7.14. The molecule has 1 rings (SSSR count). The van der Waals surface area contributed by atoms with Gasteiger partial charge in [-0.3, -0.25) is 0 Å². The SMILES string of the molecule is CC1CCC([C@H](C)CN)C1. The summed E-state index contributed by atoms with van der Waals surface area (Å²) in [5.74, 6) is 2.64. The van der Waals surface area contributed by atoms with Gasteiger partial charge in [0.15, 0.2) is 0 Å². The van der Waals surface area contributed by atoms with Crippen LogP contribution in [0, 0.1) is 17.8 Å². The molecule has 0 aliphatic heterocycles. The summed E-state index contributed by atoms with van der Waals surface area (Å²) in [6, 6.07) is 0. The Labute approximate surface area is 64.0 Å². The molecule has 0 heterocycles. The van der Waals surface area contributed by atoms with Crippen molar-refractivity contribution in [3.8, 4) is 0 Å². The molecule has 1 saturated carbocycles. The molecule has 1 heteroatoms. The van der Waals surface area contributed by atoms with E-state index < -0.39 is 0 Å². The van der Waals surface area contributed by atoms with Gasteiger partial charge in [0.25, 0.3) is 0 Å². The Morgan fingerprint density at radius 1 is 1.50 bits per heavy atom. The Balaban J connectivity index is 2.29. The third kappa shape index (κ3) is 1.72. The van der Waals surface area contributed by atoms with Gasteiger partial charge in [-0.05, 0) is 37.1 Å². The number of nitrogens with two attached hydrogens (primary N) is 1. The van der Waals surface area contributed by atoms with Gasteiger partial charge in [-0.2, -0.15) is 0 Å². The van der Waals surface area contributed by atoms with Crippen molar-refractivity contribution in [2.75, 3.05) is 6.54 Å². The molecular weight excluding hydrogens is 122 g/mol. The first-order valence-electron chi connectivity index (χ1n) is 4.44. The van der Waals surface area contributed by atoms with Crippen LogP contribution in [0.2, 0.25) is 0 Å². The molecule has 0 spiro atoms. The zero-order chi connectivity index (χ0) is 7.56. The van der Waals surface area contributed by atoms with Gasteiger partial charge < -0.3 is 5.73 Å². The van der Waals surface area contributed by atoms with E-state index in [1.54, 1.807) is 0 Å². The minimum Gasteiger partial charge on any atom is -0.330 e. The fourth-order valence-corrected chi connectivity index (χ4v) is 1.96. The molecule has 0 amide bonds. The van der Waals surface area contributed by atoms with Gasteiger partial charge in [-0.1, -0.05) is 20.3 Å². The number of hydrogen-bond donors (Lipinski definition) is 1. The topological polar surface area (TPSA) is 26.0 Å². The van der Waals surface area contributed by atoms with Crippen LogP contribution in [-0.2, 0) is 0 Å². The van der Waals surface area contributed by atoms with Crippen molar-refractivity contribution in [2.45, 2.75) is 33.1 Å². The highest BCUT2D eigenvalue weighted by Crippen LogP contribution is 2.34. The van der Waals surface area contributed by atoms with Gasteiger partial charge in [-0.25, -0.2) is 0 Å². The maximum atomic E-state index is 5.60. The lowest BCUT2D eigenvalue weighted by atomic mass is 9.92. The Morgan fingerprint density at radius 3 is 2.60 bits per heavy atom. The molecule has 1 nitrogen and oxygen atoms in total. The molecule has 2 N–H and O–H groups in total. The molecule has 0 saturated heterocycles. The molecule has 0 aromatic heterocycles. The van der Waals surface area contributed by atoms with E-state index >= 15 is 0 Å². The van der Waals surface area contributed by atoms with E-state index in [-0.39, 0.29) is 0 Å². The highest BCUT2D eigenvalue weighted by molar-refractivity contribution is 4.76. The second kappa shape index (κ2) is 3.38. The summed E-state index contributed by atoms with van der Waals surface area (Å²) in [5.41, 5.74) is 5.60. The summed E-state index contributed by atoms with van der Waals surface area (Å²) < 4.78 is 0. The standard InChI is InChI=1S/C9H19N/c1-7-3-4-9(5-7)8(2)6-10/h7-9H,3-6,10H2,1-2H3/t7?,8-,9?/m1/s1. The second-order valence-corrected chi connectivity index (χ2v) is 3.89. The lowest BCUT2D eigenvalue weighted by Crippen LogP contribution is -2.18. The van der Waals surface area contributed by atoms with Crippen molar-refractivity contribution in [1.82, 2.24) is 0 Å². The predicted molar refractivity (Wildman–Crippen MR) is 44.7 cm³/mol. The Hall–Kier alpha value is -0.0400. The van der Waals surface area contributed by atoms with Gasteiger partial charge in [0.05, 0.1) is 0 Å². The highest BCUT2D eigenvalue weighted by atomic mass is 14.6. The average molecular weight is 141 g/mol. The summed E-state index contributed by atoms with van der Waals surface area (Å²) in [7, 11) is 0. The summed E-state index contributed by atoms with van der Waals surface area (Å²) in [5, 5.41) is 0. The normalized spacial score (nSPS) is 36.3. The first-order chi connectivity index (χ1) is 4.74. The van der Waals surface area contributed by atoms with Crippen LogP contribution in [0.3, 0.4) is 0 Å². The molecular formula is C9H19N. The van der Waals surface area contributed by atoms with Gasteiger partial charge >= 0.3 is 0 Å². The third-order valence-electron chi connectivity index (χ3n) is 2.91. The van der Waals surface area contributed by atoms with Crippen molar-refractivity contribution in [2.24, 2.45) is 23.5 Å². The van der Waals surface area contributed by atoms with Crippen LogP contribution < -0.4 is 5.73 Å². The first kappa shape index (κ1) is 8.06. The summed E-state index contributed by atoms with van der Waals surface area (Å²) in [6.07, 6.45) is 4.26. The number of hydrogen-bond acceptors (Lipinski definition) is 1. The molecule has 10 heavy (non-hydrogen) atoms. The minimum atomic E-state index is 0.755. The molecule has 3 atom stereocenters. The smallest absolute Gasteiger partial charge is 0.00489 e. The first-order valence-corrected chi connectivity index (χ1v) is 4.44. The zero-order valence-corrected chi connectivity index (χ0v) is 7.14. The third-order valence-corrected chi connectivity index (χ3v) is 2.91. The van der Waals surface area contributed by atoms with Crippen molar-refractivity contribution in [3.63, 3.8) is 0 Å². The molecule has 0 bridgehead atoms. The Bertz CT molecular complexity index is 101. The highest BCUT2D eigenvalue weighted by Gasteiger charge is 2.24. The second-order valence-electron chi connectivity index (χ2n) is 3.89. The predicted octanol–water partition coefficient (Wildman–Crippen LogP) is 2.02. The molecule has 1 fully saturated rings. The van der Waals surface area contributed by atoms with Crippen LogP contribution in [0.15, 0.2) is 0 Å². The van der Waals surface area contributed by atoms with Crippen molar-refractivity contribution >= 4 is 0 Å². The Kier molecular flexibility index (Phi) is 2.72. The molecule has 60 valence electrons. The average Bonchev–Trinajstić information content (AvgIpc) is 2.34. The van der Waals surface area contributed by atoms with Gasteiger partial charge in [0.1, 0.15) is 0 Å². The molecule has 0 radical (unpaired) electrons. The molecule has 0 aromatic carbocycles. The summed E-state index contributed by atoms with van der Waals surface area (Å²) in [4.78, 5) is 0. The fourth-order valence-electron chi connectivity index (χ4n) is 1.96. The van der Waals surface area contributed by atoms with Crippen LogP contribution in [-0.4, -0.2) is 6.54 Å². The molecule has 1 aliphatic carbocycles.